The average Bonchev–Trinajstić information content (AvgIpc) is 2.73. The van der Waals surface area contributed by atoms with Gasteiger partial charge in [-0.15, -0.1) is 0 Å². The maximum atomic E-state index is 12.6. The molecule has 2 saturated heterocycles. The summed E-state index contributed by atoms with van der Waals surface area (Å²) in [4.78, 5) is 42.6. The highest BCUT2D eigenvalue weighted by molar-refractivity contribution is 6.42. The number of likely N-dealkylation sites (tertiary alicyclic amines) is 1. The third-order valence-corrected chi connectivity index (χ3v) is 5.27. The second-order valence-electron chi connectivity index (χ2n) is 6.96. The number of piperidine rings is 1. The topological polar surface area (TPSA) is 70.2 Å². The molecule has 0 radical (unpaired) electrons. The van der Waals surface area contributed by atoms with Gasteiger partial charge in [0, 0.05) is 50.9 Å². The first-order valence-electron chi connectivity index (χ1n) is 9.64. The smallest absolute Gasteiger partial charge is 0.409 e. The standard InChI is InChI=1S/C20H27N3O4/c1-2-27-20(26)22-13-11-21(12-14-22)17-9-6-10-23(15-17)19(25)18(24)16-7-4-3-5-8-16/h3-5,7-8,17H,2,6,9-15H2,1H3/t17-/m0/s1. The van der Waals surface area contributed by atoms with E-state index in [9.17, 15) is 14.4 Å². The van der Waals surface area contributed by atoms with E-state index in [1.54, 1.807) is 41.0 Å². The van der Waals surface area contributed by atoms with Gasteiger partial charge in [0.2, 0.25) is 5.78 Å². The summed E-state index contributed by atoms with van der Waals surface area (Å²) >= 11 is 0. The Morgan fingerprint density at radius 3 is 2.37 bits per heavy atom. The van der Waals surface area contributed by atoms with E-state index in [-0.39, 0.29) is 12.1 Å². The molecule has 1 aromatic carbocycles. The number of piperazine rings is 1. The van der Waals surface area contributed by atoms with Gasteiger partial charge in [-0.05, 0) is 19.8 Å². The van der Waals surface area contributed by atoms with Crippen molar-refractivity contribution in [3.63, 3.8) is 0 Å². The third-order valence-electron chi connectivity index (χ3n) is 5.27. The first kappa shape index (κ1) is 19.4. The Bertz CT molecular complexity index is 671. The van der Waals surface area contributed by atoms with E-state index >= 15 is 0 Å². The molecule has 146 valence electrons. The van der Waals surface area contributed by atoms with Gasteiger partial charge in [0.15, 0.2) is 0 Å². The highest BCUT2D eigenvalue weighted by Gasteiger charge is 2.33. The van der Waals surface area contributed by atoms with Crippen molar-refractivity contribution in [2.24, 2.45) is 0 Å². The Kier molecular flexibility index (Phi) is 6.45. The van der Waals surface area contributed by atoms with Gasteiger partial charge in [-0.1, -0.05) is 30.3 Å². The number of benzene rings is 1. The van der Waals surface area contributed by atoms with Crippen molar-refractivity contribution in [2.45, 2.75) is 25.8 Å². The third kappa shape index (κ3) is 4.66. The van der Waals surface area contributed by atoms with E-state index in [4.69, 9.17) is 4.74 Å². The van der Waals surface area contributed by atoms with Crippen molar-refractivity contribution in [3.8, 4) is 0 Å². The first-order chi connectivity index (χ1) is 13.1. The molecule has 1 aromatic rings. The van der Waals surface area contributed by atoms with Gasteiger partial charge < -0.3 is 14.5 Å². The van der Waals surface area contributed by atoms with E-state index in [0.29, 0.717) is 38.3 Å². The molecule has 0 unspecified atom stereocenters. The Morgan fingerprint density at radius 2 is 1.70 bits per heavy atom. The minimum atomic E-state index is -0.441. The Labute approximate surface area is 159 Å². The van der Waals surface area contributed by atoms with Crippen molar-refractivity contribution < 1.29 is 19.1 Å². The molecule has 2 heterocycles. The molecule has 0 saturated carbocycles. The number of ether oxygens (including phenoxy) is 1. The SMILES string of the molecule is CCOC(=O)N1CCN([C@H]2CCCN(C(=O)C(=O)c3ccccc3)C2)CC1. The number of nitrogens with zero attached hydrogens (tertiary/aromatic N) is 3. The predicted molar refractivity (Wildman–Crippen MR) is 101 cm³/mol. The largest absolute Gasteiger partial charge is 0.450 e. The number of amides is 2. The molecular formula is C20H27N3O4. The quantitative estimate of drug-likeness (QED) is 0.593. The molecule has 0 N–H and O–H groups in total. The Hall–Kier alpha value is -2.41. The van der Waals surface area contributed by atoms with Crippen LogP contribution in [-0.4, -0.2) is 84.4 Å². The summed E-state index contributed by atoms with van der Waals surface area (Å²) in [7, 11) is 0. The van der Waals surface area contributed by atoms with E-state index in [2.05, 4.69) is 4.90 Å². The zero-order valence-electron chi connectivity index (χ0n) is 15.8. The van der Waals surface area contributed by atoms with Gasteiger partial charge in [0.25, 0.3) is 5.91 Å². The Morgan fingerprint density at radius 1 is 1.00 bits per heavy atom. The van der Waals surface area contributed by atoms with E-state index in [1.807, 2.05) is 6.07 Å². The van der Waals surface area contributed by atoms with Crippen LogP contribution in [0.15, 0.2) is 30.3 Å². The zero-order chi connectivity index (χ0) is 19.2. The summed E-state index contributed by atoms with van der Waals surface area (Å²) in [5, 5.41) is 0. The maximum Gasteiger partial charge on any atom is 0.409 e. The molecule has 0 aliphatic carbocycles. The molecule has 27 heavy (non-hydrogen) atoms. The zero-order valence-corrected chi connectivity index (χ0v) is 15.8. The molecule has 0 bridgehead atoms. The van der Waals surface area contributed by atoms with Crippen LogP contribution in [0.5, 0.6) is 0 Å². The normalized spacial score (nSPS) is 21.0. The van der Waals surface area contributed by atoms with Crippen molar-refractivity contribution in [1.29, 1.82) is 0 Å². The van der Waals surface area contributed by atoms with Crippen molar-refractivity contribution in [2.75, 3.05) is 45.9 Å². The van der Waals surface area contributed by atoms with Crippen LogP contribution >= 0.6 is 0 Å². The average molecular weight is 373 g/mol. The molecular weight excluding hydrogens is 346 g/mol. The second kappa shape index (κ2) is 8.99. The highest BCUT2D eigenvalue weighted by atomic mass is 16.6. The van der Waals surface area contributed by atoms with Gasteiger partial charge >= 0.3 is 6.09 Å². The summed E-state index contributed by atoms with van der Waals surface area (Å²) in [6.45, 7) is 6.16. The number of ketones is 1. The minimum absolute atomic E-state index is 0.232. The van der Waals surface area contributed by atoms with Gasteiger partial charge in [-0.3, -0.25) is 14.5 Å². The predicted octanol–water partition coefficient (Wildman–Crippen LogP) is 1.63. The molecule has 2 amide bonds. The lowest BCUT2D eigenvalue weighted by molar-refractivity contribution is -0.128. The molecule has 0 spiro atoms. The fraction of sp³-hybridized carbons (Fsp3) is 0.550. The number of carbonyl (C=O) groups excluding carboxylic acids is 3. The molecule has 1 atom stereocenters. The van der Waals surface area contributed by atoms with Crippen LogP contribution in [0.1, 0.15) is 30.1 Å². The maximum absolute atomic E-state index is 12.6. The lowest BCUT2D eigenvalue weighted by Gasteiger charge is -2.42. The van der Waals surface area contributed by atoms with Crippen LogP contribution in [0.4, 0.5) is 4.79 Å². The number of hydrogen-bond donors (Lipinski definition) is 0. The van der Waals surface area contributed by atoms with Crippen molar-refractivity contribution in [3.05, 3.63) is 35.9 Å². The number of carbonyl (C=O) groups is 3. The van der Waals surface area contributed by atoms with Crippen molar-refractivity contribution in [1.82, 2.24) is 14.7 Å². The molecule has 3 rings (SSSR count). The molecule has 7 nitrogen and oxygen atoms in total. The summed E-state index contributed by atoms with van der Waals surface area (Å²) in [6.07, 6.45) is 1.63. The van der Waals surface area contributed by atoms with Gasteiger partial charge in [-0.2, -0.15) is 0 Å². The van der Waals surface area contributed by atoms with Crippen molar-refractivity contribution >= 4 is 17.8 Å². The second-order valence-corrected chi connectivity index (χ2v) is 6.96. The highest BCUT2D eigenvalue weighted by Crippen LogP contribution is 2.19. The van der Waals surface area contributed by atoms with Gasteiger partial charge in [0.05, 0.1) is 6.61 Å². The van der Waals surface area contributed by atoms with Crippen LogP contribution in [0, 0.1) is 0 Å². The molecule has 2 aliphatic heterocycles. The molecule has 2 aliphatic rings. The minimum Gasteiger partial charge on any atom is -0.450 e. The molecule has 0 aromatic heterocycles. The van der Waals surface area contributed by atoms with Gasteiger partial charge in [0.1, 0.15) is 0 Å². The first-order valence-corrected chi connectivity index (χ1v) is 9.64. The lowest BCUT2D eigenvalue weighted by Crippen LogP contribution is -2.57. The van der Waals surface area contributed by atoms with E-state index in [0.717, 1.165) is 25.9 Å². The fourth-order valence-electron chi connectivity index (χ4n) is 3.78. The molecule has 2 fully saturated rings. The van der Waals surface area contributed by atoms with E-state index < -0.39 is 11.7 Å². The number of rotatable bonds is 4. The number of hydrogen-bond acceptors (Lipinski definition) is 5. The van der Waals surface area contributed by atoms with Crippen LogP contribution in [0.2, 0.25) is 0 Å². The van der Waals surface area contributed by atoms with Crippen LogP contribution in [-0.2, 0) is 9.53 Å². The summed E-state index contributed by atoms with van der Waals surface area (Å²) < 4.78 is 5.06. The van der Waals surface area contributed by atoms with Gasteiger partial charge in [-0.25, -0.2) is 4.79 Å². The lowest BCUT2D eigenvalue weighted by atomic mass is 10.0. The van der Waals surface area contributed by atoms with Crippen LogP contribution < -0.4 is 0 Å². The Balaban J connectivity index is 1.55. The summed E-state index contributed by atoms with van der Waals surface area (Å²) in [5.74, 6) is -0.862. The molecule has 7 heteroatoms. The summed E-state index contributed by atoms with van der Waals surface area (Å²) in [6, 6.07) is 8.95. The fourth-order valence-corrected chi connectivity index (χ4v) is 3.78. The van der Waals surface area contributed by atoms with E-state index in [1.165, 1.54) is 0 Å². The number of Topliss-reactive ketones (excluding diaryl/α,β-unsaturated/α-hetero) is 1. The van der Waals surface area contributed by atoms with Crippen LogP contribution in [0.3, 0.4) is 0 Å². The van der Waals surface area contributed by atoms with Crippen LogP contribution in [0.25, 0.3) is 0 Å². The summed E-state index contributed by atoms with van der Waals surface area (Å²) in [5.41, 5.74) is 0.438. The monoisotopic (exact) mass is 373 g/mol.